The number of likely N-dealkylation sites (N-methyl/N-ethyl adjacent to an activating group) is 1. The summed E-state index contributed by atoms with van der Waals surface area (Å²) >= 11 is 0. The Morgan fingerprint density at radius 3 is 1.22 bits per heavy atom. The van der Waals surface area contributed by atoms with E-state index in [0.717, 1.165) is 38.5 Å². The summed E-state index contributed by atoms with van der Waals surface area (Å²) in [5.74, 6) is -1.72. The fourth-order valence-corrected chi connectivity index (χ4v) is 7.71. The van der Waals surface area contributed by atoms with Gasteiger partial charge < -0.3 is 28.6 Å². The van der Waals surface area contributed by atoms with Crippen molar-refractivity contribution in [3.05, 3.63) is 12.2 Å². The van der Waals surface area contributed by atoms with Gasteiger partial charge in [-0.1, -0.05) is 199 Å². The molecule has 0 heterocycles. The largest absolute Gasteiger partial charge is 0.544 e. The number of carboxylic acid groups (broad SMARTS) is 1. The van der Waals surface area contributed by atoms with Crippen molar-refractivity contribution >= 4 is 17.9 Å². The first-order valence-corrected chi connectivity index (χ1v) is 25.2. The summed E-state index contributed by atoms with van der Waals surface area (Å²) in [7, 11) is 5.42. The van der Waals surface area contributed by atoms with Crippen LogP contribution in [-0.2, 0) is 28.6 Å². The number of quaternary nitrogens is 1. The van der Waals surface area contributed by atoms with Gasteiger partial charge in [0.1, 0.15) is 12.6 Å². The Labute approximate surface area is 365 Å². The van der Waals surface area contributed by atoms with Gasteiger partial charge in [0, 0.05) is 19.3 Å². The molecule has 0 radical (unpaired) electrons. The molecule has 0 aromatic carbocycles. The molecule has 0 aliphatic heterocycles. The van der Waals surface area contributed by atoms with Crippen LogP contribution in [0.25, 0.3) is 0 Å². The highest BCUT2D eigenvalue weighted by Gasteiger charge is 2.25. The predicted molar refractivity (Wildman–Crippen MR) is 245 cm³/mol. The van der Waals surface area contributed by atoms with Crippen molar-refractivity contribution in [2.45, 2.75) is 257 Å². The van der Waals surface area contributed by atoms with Gasteiger partial charge in [0.2, 0.25) is 0 Å². The van der Waals surface area contributed by atoms with E-state index in [2.05, 4.69) is 26.0 Å². The van der Waals surface area contributed by atoms with Crippen LogP contribution in [0.3, 0.4) is 0 Å². The van der Waals surface area contributed by atoms with E-state index in [1.807, 2.05) is 0 Å². The topological polar surface area (TPSA) is 102 Å². The lowest BCUT2D eigenvalue weighted by atomic mass is 10.0. The van der Waals surface area contributed by atoms with Crippen LogP contribution in [0.4, 0.5) is 0 Å². The van der Waals surface area contributed by atoms with Crippen LogP contribution in [0.5, 0.6) is 0 Å². The predicted octanol–water partition coefficient (Wildman–Crippen LogP) is 12.9. The Kier molecular flexibility index (Phi) is 41.3. The number of esters is 2. The van der Waals surface area contributed by atoms with Gasteiger partial charge in [-0.3, -0.25) is 9.59 Å². The van der Waals surface area contributed by atoms with E-state index < -0.39 is 18.1 Å². The van der Waals surface area contributed by atoms with E-state index >= 15 is 0 Å². The van der Waals surface area contributed by atoms with Crippen molar-refractivity contribution in [3.8, 4) is 0 Å². The van der Waals surface area contributed by atoms with E-state index in [4.69, 9.17) is 14.2 Å². The molecule has 0 bridgehead atoms. The molecule has 59 heavy (non-hydrogen) atoms. The monoisotopic (exact) mass is 836 g/mol. The van der Waals surface area contributed by atoms with Crippen molar-refractivity contribution in [2.24, 2.45) is 0 Å². The molecule has 348 valence electrons. The van der Waals surface area contributed by atoms with E-state index in [0.29, 0.717) is 12.8 Å². The second-order valence-corrected chi connectivity index (χ2v) is 18.4. The lowest BCUT2D eigenvalue weighted by Crippen LogP contribution is -2.55. The molecule has 0 amide bonds. The molecule has 8 heteroatoms. The molecular weight excluding hydrogens is 739 g/mol. The van der Waals surface area contributed by atoms with Gasteiger partial charge in [-0.05, 0) is 38.5 Å². The highest BCUT2D eigenvalue weighted by Crippen LogP contribution is 2.16. The lowest BCUT2D eigenvalue weighted by Gasteiger charge is -2.34. The molecule has 2 atom stereocenters. The molecule has 0 saturated heterocycles. The second kappa shape index (κ2) is 42.7. The molecule has 0 aromatic rings. The first kappa shape index (κ1) is 57.1. The number of ether oxygens (including phenoxy) is 3. The quantitative estimate of drug-likeness (QED) is 0.0260. The van der Waals surface area contributed by atoms with E-state index in [1.54, 1.807) is 21.1 Å². The zero-order valence-corrected chi connectivity index (χ0v) is 39.7. The van der Waals surface area contributed by atoms with Gasteiger partial charge in [0.15, 0.2) is 6.10 Å². The molecule has 0 spiro atoms. The number of hydrogen-bond acceptors (Lipinski definition) is 7. The SMILES string of the molecule is CCCCCCCCCCCCC/C=C/CCCCCCCCCC(=O)OC(COCCC(C(=O)[O-])[N+](C)(C)C)COC(=O)CCCCCCCCCCCCCCC. The summed E-state index contributed by atoms with van der Waals surface area (Å²) in [6.07, 6.45) is 46.7. The molecule has 0 aromatic heterocycles. The molecule has 0 N–H and O–H groups in total. The van der Waals surface area contributed by atoms with Gasteiger partial charge in [-0.2, -0.15) is 0 Å². The number of carboxylic acids is 1. The number of carbonyl (C=O) groups excluding carboxylic acids is 3. The lowest BCUT2D eigenvalue weighted by molar-refractivity contribution is -0.889. The Morgan fingerprint density at radius 2 is 0.847 bits per heavy atom. The van der Waals surface area contributed by atoms with Crippen LogP contribution < -0.4 is 5.11 Å². The maximum Gasteiger partial charge on any atom is 0.306 e. The smallest absolute Gasteiger partial charge is 0.306 e. The maximum atomic E-state index is 12.8. The van der Waals surface area contributed by atoms with Gasteiger partial charge in [0.25, 0.3) is 0 Å². The minimum Gasteiger partial charge on any atom is -0.544 e. The highest BCUT2D eigenvalue weighted by molar-refractivity contribution is 5.70. The van der Waals surface area contributed by atoms with Crippen molar-refractivity contribution in [2.75, 3.05) is 41.0 Å². The van der Waals surface area contributed by atoms with E-state index in [-0.39, 0.29) is 42.7 Å². The summed E-state index contributed by atoms with van der Waals surface area (Å²) in [5.41, 5.74) is 0. The third kappa shape index (κ3) is 41.2. The molecule has 8 nitrogen and oxygen atoms in total. The summed E-state index contributed by atoms with van der Waals surface area (Å²) in [5, 5.41) is 11.6. The molecule has 0 fully saturated rings. The molecule has 0 rings (SSSR count). The number of unbranched alkanes of at least 4 members (excludes halogenated alkanes) is 30. The first-order valence-electron chi connectivity index (χ1n) is 25.2. The minimum atomic E-state index is -1.12. The summed E-state index contributed by atoms with van der Waals surface area (Å²) < 4.78 is 17.2. The van der Waals surface area contributed by atoms with Gasteiger partial charge in [-0.25, -0.2) is 0 Å². The standard InChI is InChI=1S/C51H97NO7/c1-6-8-10-12-14-16-18-20-21-22-23-24-25-26-27-28-30-32-34-36-38-40-42-50(54)59-47(45-57-44-43-48(51(55)56)52(3,4)5)46-58-49(53)41-39-37-35-33-31-29-19-17-15-13-11-9-7-2/h25-26,47-48H,6-24,27-46H2,1-5H3/b26-25+. The molecular formula is C51H97NO7. The minimum absolute atomic E-state index is 0.0449. The van der Waals surface area contributed by atoms with Gasteiger partial charge in [0.05, 0.1) is 40.3 Å². The van der Waals surface area contributed by atoms with E-state index in [1.165, 1.54) is 173 Å². The number of hydrogen-bond donors (Lipinski definition) is 0. The van der Waals surface area contributed by atoms with E-state index in [9.17, 15) is 19.5 Å². The molecule has 0 aliphatic carbocycles. The zero-order chi connectivity index (χ0) is 43.5. The number of allylic oxidation sites excluding steroid dienone is 2. The Morgan fingerprint density at radius 1 is 0.492 bits per heavy atom. The summed E-state index contributed by atoms with van der Waals surface area (Å²) in [6, 6.07) is -0.722. The number of nitrogens with zero attached hydrogens (tertiary/aromatic N) is 1. The van der Waals surface area contributed by atoms with Crippen LogP contribution in [0.15, 0.2) is 12.2 Å². The van der Waals surface area contributed by atoms with Gasteiger partial charge >= 0.3 is 11.9 Å². The summed E-state index contributed by atoms with van der Waals surface area (Å²) in [6.45, 7) is 4.70. The van der Waals surface area contributed by atoms with Crippen molar-refractivity contribution in [1.29, 1.82) is 0 Å². The van der Waals surface area contributed by atoms with Crippen molar-refractivity contribution in [3.63, 3.8) is 0 Å². The Bertz CT molecular complexity index is 978. The fraction of sp³-hybridized carbons (Fsp3) is 0.902. The third-order valence-corrected chi connectivity index (χ3v) is 11.7. The second-order valence-electron chi connectivity index (χ2n) is 18.4. The number of carbonyl (C=O) groups is 3. The van der Waals surface area contributed by atoms with Crippen LogP contribution in [-0.4, -0.2) is 75.5 Å². The third-order valence-electron chi connectivity index (χ3n) is 11.7. The van der Waals surface area contributed by atoms with Crippen molar-refractivity contribution < 1.29 is 38.2 Å². The Balaban J connectivity index is 4.20. The number of aliphatic carboxylic acids is 1. The van der Waals surface area contributed by atoms with Crippen LogP contribution >= 0.6 is 0 Å². The molecule has 0 saturated carbocycles. The van der Waals surface area contributed by atoms with Crippen molar-refractivity contribution in [1.82, 2.24) is 0 Å². The first-order chi connectivity index (χ1) is 28.6. The maximum absolute atomic E-state index is 12.8. The average molecular weight is 836 g/mol. The molecule has 2 unspecified atom stereocenters. The highest BCUT2D eigenvalue weighted by atomic mass is 16.6. The number of rotatable bonds is 46. The van der Waals surface area contributed by atoms with Crippen LogP contribution in [0, 0.1) is 0 Å². The zero-order valence-electron chi connectivity index (χ0n) is 39.7. The average Bonchev–Trinajstić information content (AvgIpc) is 3.19. The summed E-state index contributed by atoms with van der Waals surface area (Å²) in [4.78, 5) is 36.9. The van der Waals surface area contributed by atoms with Crippen LogP contribution in [0.1, 0.15) is 245 Å². The van der Waals surface area contributed by atoms with Crippen LogP contribution in [0.2, 0.25) is 0 Å². The van der Waals surface area contributed by atoms with Gasteiger partial charge in [-0.15, -0.1) is 0 Å². The Hall–Kier alpha value is -1.93. The molecule has 0 aliphatic rings. The fourth-order valence-electron chi connectivity index (χ4n) is 7.71. The normalized spacial score (nSPS) is 12.9.